The second-order valence-corrected chi connectivity index (χ2v) is 5.81. The highest BCUT2D eigenvalue weighted by molar-refractivity contribution is 5.71. The minimum Gasteiger partial charge on any atom is -0.496 e. The molecule has 0 atom stereocenters. The van der Waals surface area contributed by atoms with Crippen LogP contribution in [0, 0.1) is 11.3 Å². The van der Waals surface area contributed by atoms with Gasteiger partial charge in [-0.25, -0.2) is 8.78 Å². The summed E-state index contributed by atoms with van der Waals surface area (Å²) >= 11 is 0. The lowest BCUT2D eigenvalue weighted by Crippen LogP contribution is -2.23. The lowest BCUT2D eigenvalue weighted by molar-refractivity contribution is -0.0595. The van der Waals surface area contributed by atoms with Gasteiger partial charge in [0.25, 0.3) is 5.92 Å². The van der Waals surface area contributed by atoms with Crippen molar-refractivity contribution in [3.63, 3.8) is 0 Å². The molecule has 0 amide bonds. The van der Waals surface area contributed by atoms with Crippen LogP contribution in [0.2, 0.25) is 0 Å². The maximum Gasteiger partial charge on any atom is 0.272 e. The third-order valence-corrected chi connectivity index (χ3v) is 3.88. The molecule has 7 heteroatoms. The van der Waals surface area contributed by atoms with Gasteiger partial charge in [-0.3, -0.25) is 4.68 Å². The maximum atomic E-state index is 13.3. The first-order chi connectivity index (χ1) is 11.9. The summed E-state index contributed by atoms with van der Waals surface area (Å²) < 4.78 is 33.4. The van der Waals surface area contributed by atoms with Crippen molar-refractivity contribution in [3.8, 4) is 23.1 Å². The van der Waals surface area contributed by atoms with Crippen molar-refractivity contribution in [1.29, 1.82) is 5.26 Å². The van der Waals surface area contributed by atoms with Gasteiger partial charge in [-0.05, 0) is 30.2 Å². The maximum absolute atomic E-state index is 13.3. The van der Waals surface area contributed by atoms with E-state index in [-0.39, 0.29) is 6.54 Å². The number of nitrogens with zero attached hydrogens (tertiary/aromatic N) is 3. The molecule has 0 bridgehead atoms. The number of nitriles is 1. The SMILES string of the molecule is CCCc1cn(CCC(F)(F)CO)nc1-c1cc(C#N)ccc1OC. The van der Waals surface area contributed by atoms with Crippen LogP contribution >= 0.6 is 0 Å². The first-order valence-corrected chi connectivity index (χ1v) is 8.07. The second-order valence-electron chi connectivity index (χ2n) is 5.81. The Morgan fingerprint density at radius 3 is 2.76 bits per heavy atom. The summed E-state index contributed by atoms with van der Waals surface area (Å²) in [4.78, 5) is 0. The Balaban J connectivity index is 2.42. The van der Waals surface area contributed by atoms with E-state index in [9.17, 15) is 8.78 Å². The number of aliphatic hydroxyl groups excluding tert-OH is 1. The number of hydrogen-bond donors (Lipinski definition) is 1. The molecule has 2 aromatic rings. The van der Waals surface area contributed by atoms with Crippen molar-refractivity contribution in [2.45, 2.75) is 38.7 Å². The summed E-state index contributed by atoms with van der Waals surface area (Å²) in [5.74, 6) is -2.56. The molecule has 1 heterocycles. The summed E-state index contributed by atoms with van der Waals surface area (Å²) in [6.45, 7) is 0.829. The van der Waals surface area contributed by atoms with Gasteiger partial charge in [-0.15, -0.1) is 0 Å². The highest BCUT2D eigenvalue weighted by Crippen LogP contribution is 2.33. The van der Waals surface area contributed by atoms with Crippen LogP contribution in [-0.4, -0.2) is 34.5 Å². The van der Waals surface area contributed by atoms with E-state index in [0.717, 1.165) is 18.4 Å². The Labute approximate surface area is 145 Å². The first kappa shape index (κ1) is 18.9. The molecular weight excluding hydrogens is 328 g/mol. The molecule has 134 valence electrons. The highest BCUT2D eigenvalue weighted by atomic mass is 19.3. The van der Waals surface area contributed by atoms with E-state index in [2.05, 4.69) is 11.2 Å². The molecule has 0 unspecified atom stereocenters. The summed E-state index contributed by atoms with van der Waals surface area (Å²) in [6.07, 6.45) is 2.84. The quantitative estimate of drug-likeness (QED) is 0.793. The van der Waals surface area contributed by atoms with Crippen molar-refractivity contribution in [2.75, 3.05) is 13.7 Å². The van der Waals surface area contributed by atoms with Crippen LogP contribution < -0.4 is 4.74 Å². The van der Waals surface area contributed by atoms with E-state index in [4.69, 9.17) is 15.1 Å². The molecular formula is C18H21F2N3O2. The zero-order valence-corrected chi connectivity index (χ0v) is 14.3. The minimum absolute atomic E-state index is 0.00939. The molecule has 1 N–H and O–H groups in total. The Hall–Kier alpha value is -2.46. The number of aromatic nitrogens is 2. The number of ether oxygens (including phenoxy) is 1. The largest absolute Gasteiger partial charge is 0.496 e. The number of rotatable bonds is 8. The minimum atomic E-state index is -3.13. The number of aliphatic hydroxyl groups is 1. The summed E-state index contributed by atoms with van der Waals surface area (Å²) in [7, 11) is 1.53. The summed E-state index contributed by atoms with van der Waals surface area (Å²) in [6, 6.07) is 7.12. The van der Waals surface area contributed by atoms with Crippen molar-refractivity contribution in [1.82, 2.24) is 9.78 Å². The van der Waals surface area contributed by atoms with Gasteiger partial charge in [-0.1, -0.05) is 13.3 Å². The first-order valence-electron chi connectivity index (χ1n) is 8.07. The van der Waals surface area contributed by atoms with E-state index in [1.165, 1.54) is 11.8 Å². The third kappa shape index (κ3) is 4.54. The normalized spacial score (nSPS) is 11.4. The standard InChI is InChI=1S/C18H21F2N3O2/c1-3-4-14-11-23(8-7-18(19,20)12-24)22-17(14)15-9-13(10-21)5-6-16(15)25-2/h5-6,9,11,24H,3-4,7-8,12H2,1-2H3. The fourth-order valence-electron chi connectivity index (χ4n) is 2.58. The summed E-state index contributed by atoms with van der Waals surface area (Å²) in [5.41, 5.74) is 2.67. The van der Waals surface area contributed by atoms with E-state index in [0.29, 0.717) is 22.6 Å². The van der Waals surface area contributed by atoms with Crippen LogP contribution in [-0.2, 0) is 13.0 Å². The Kier molecular flexibility index (Phi) is 6.10. The fraction of sp³-hybridized carbons (Fsp3) is 0.444. The molecule has 0 radical (unpaired) electrons. The monoisotopic (exact) mass is 349 g/mol. The number of aryl methyl sites for hydroxylation is 2. The van der Waals surface area contributed by atoms with Crippen molar-refractivity contribution >= 4 is 0 Å². The van der Waals surface area contributed by atoms with Gasteiger partial charge in [-0.2, -0.15) is 10.4 Å². The number of alkyl halides is 2. The van der Waals surface area contributed by atoms with Crippen LogP contribution in [0.4, 0.5) is 8.78 Å². The molecule has 0 saturated heterocycles. The smallest absolute Gasteiger partial charge is 0.272 e. The predicted octanol–water partition coefficient (Wildman–Crippen LogP) is 3.40. The third-order valence-electron chi connectivity index (χ3n) is 3.88. The fourth-order valence-corrected chi connectivity index (χ4v) is 2.58. The van der Waals surface area contributed by atoms with Crippen LogP contribution in [0.1, 0.15) is 30.9 Å². The van der Waals surface area contributed by atoms with E-state index in [1.54, 1.807) is 24.4 Å². The van der Waals surface area contributed by atoms with Gasteiger partial charge in [0, 0.05) is 24.7 Å². The average molecular weight is 349 g/mol. The number of halogens is 2. The van der Waals surface area contributed by atoms with Crippen molar-refractivity contribution < 1.29 is 18.6 Å². The molecule has 0 saturated carbocycles. The molecule has 2 rings (SSSR count). The molecule has 25 heavy (non-hydrogen) atoms. The number of methoxy groups -OCH3 is 1. The van der Waals surface area contributed by atoms with Gasteiger partial charge < -0.3 is 9.84 Å². The Bertz CT molecular complexity index is 766. The number of benzene rings is 1. The summed E-state index contributed by atoms with van der Waals surface area (Å²) in [5, 5.41) is 22.3. The van der Waals surface area contributed by atoms with Crippen LogP contribution in [0.15, 0.2) is 24.4 Å². The van der Waals surface area contributed by atoms with Gasteiger partial charge in [0.05, 0.1) is 24.4 Å². The average Bonchev–Trinajstić information content (AvgIpc) is 3.02. The Morgan fingerprint density at radius 2 is 2.16 bits per heavy atom. The van der Waals surface area contributed by atoms with Crippen LogP contribution in [0.5, 0.6) is 5.75 Å². The predicted molar refractivity (Wildman–Crippen MR) is 89.6 cm³/mol. The molecule has 0 fully saturated rings. The van der Waals surface area contributed by atoms with Gasteiger partial charge >= 0.3 is 0 Å². The van der Waals surface area contributed by atoms with Crippen molar-refractivity contribution in [3.05, 3.63) is 35.5 Å². The van der Waals surface area contributed by atoms with Crippen molar-refractivity contribution in [2.24, 2.45) is 0 Å². The Morgan fingerprint density at radius 1 is 1.40 bits per heavy atom. The molecule has 5 nitrogen and oxygen atoms in total. The van der Waals surface area contributed by atoms with Gasteiger partial charge in [0.1, 0.15) is 12.4 Å². The van der Waals surface area contributed by atoms with Crippen LogP contribution in [0.25, 0.3) is 11.3 Å². The number of hydrogen-bond acceptors (Lipinski definition) is 4. The van der Waals surface area contributed by atoms with Gasteiger partial charge in [0.2, 0.25) is 0 Å². The lowest BCUT2D eigenvalue weighted by atomic mass is 10.0. The molecule has 1 aromatic heterocycles. The zero-order chi connectivity index (χ0) is 18.4. The molecule has 0 aliphatic carbocycles. The molecule has 0 spiro atoms. The second kappa shape index (κ2) is 8.08. The molecule has 0 aliphatic rings. The van der Waals surface area contributed by atoms with Gasteiger partial charge in [0.15, 0.2) is 0 Å². The highest BCUT2D eigenvalue weighted by Gasteiger charge is 2.27. The van der Waals surface area contributed by atoms with E-state index < -0.39 is 19.0 Å². The topological polar surface area (TPSA) is 71.1 Å². The van der Waals surface area contributed by atoms with E-state index in [1.807, 2.05) is 6.92 Å². The molecule has 0 aliphatic heterocycles. The molecule has 1 aromatic carbocycles. The zero-order valence-electron chi connectivity index (χ0n) is 14.3. The lowest BCUT2D eigenvalue weighted by Gasteiger charge is -2.12. The van der Waals surface area contributed by atoms with E-state index >= 15 is 0 Å². The van der Waals surface area contributed by atoms with Crippen LogP contribution in [0.3, 0.4) is 0 Å².